The van der Waals surface area contributed by atoms with Crippen LogP contribution >= 0.6 is 0 Å². The van der Waals surface area contributed by atoms with Crippen molar-refractivity contribution in [3.63, 3.8) is 0 Å². The van der Waals surface area contributed by atoms with Crippen LogP contribution in [0.4, 0.5) is 0 Å². The number of hydrogen-bond donors (Lipinski definition) is 1. The molecule has 119 heavy (non-hydrogen) atoms. The monoisotopic (exact) mass is 1600 g/mol. The molecule has 0 aliphatic heterocycles. The smallest absolute Gasteiger partial charge is 0.115 e. The zero-order valence-electron chi connectivity index (χ0n) is 81.5. The van der Waals surface area contributed by atoms with Crippen molar-refractivity contribution in [3.8, 4) is 5.75 Å². The lowest BCUT2D eigenvalue weighted by Crippen LogP contribution is -2.34. The molecule has 0 heterocycles. The fraction of sp³-hybridized carbons (Fsp3) is 0.508. The Kier molecular flexibility index (Phi) is 41.7. The largest absolute Gasteiger partial charge is 0.508 e. The van der Waals surface area contributed by atoms with Gasteiger partial charge in [-0.05, 0) is 261 Å². The summed E-state index contributed by atoms with van der Waals surface area (Å²) < 4.78 is 0. The number of fused-ring (bicyclic) bond motifs is 4. The van der Waals surface area contributed by atoms with Crippen molar-refractivity contribution < 1.29 is 5.11 Å². The van der Waals surface area contributed by atoms with Gasteiger partial charge in [-0.2, -0.15) is 0 Å². The van der Waals surface area contributed by atoms with E-state index in [9.17, 15) is 5.11 Å². The van der Waals surface area contributed by atoms with Gasteiger partial charge in [0.2, 0.25) is 0 Å². The maximum Gasteiger partial charge on any atom is 0.115 e. The first-order chi connectivity index (χ1) is 55.8. The Morgan fingerprint density at radius 2 is 0.412 bits per heavy atom. The van der Waals surface area contributed by atoms with Crippen LogP contribution < -0.4 is 0 Å². The third-order valence-electron chi connectivity index (χ3n) is 26.0. The summed E-state index contributed by atoms with van der Waals surface area (Å²) in [4.78, 5) is 0. The Morgan fingerprint density at radius 1 is 0.193 bits per heavy atom. The van der Waals surface area contributed by atoms with Crippen LogP contribution in [0, 0.1) is 122 Å². The number of phenols is 1. The van der Waals surface area contributed by atoms with Crippen LogP contribution in [0.5, 0.6) is 5.75 Å². The quantitative estimate of drug-likeness (QED) is 0.0639. The van der Waals surface area contributed by atoms with Gasteiger partial charge in [0.1, 0.15) is 5.75 Å². The van der Waals surface area contributed by atoms with Crippen LogP contribution in [0.3, 0.4) is 0 Å². The standard InChI is InChI=1S/2C20H28.2C18H24.C14H22O.2C14H22/c2*1-19(2,3)18(20(4,5)6)14-15-11-12-16-9-7-8-10-17(16)13-15;2*1-13(2)18(14(3)4)12-16-10-7-9-15-8-5-6-11-17(15)16;1-10(2)14(11(3)4)9-12-5-7-13(15)8-6-12;2*1-11(2)14(12(3)4)10-13-8-6-5-7-9-13/h2*7-13,18H,14H2,1-6H3;2*5-11,13-14,18H,12H2,1-4H3;5-8,10-11,14-15H,9H2,1-4H3;2*5-9,11-12,14H,10H2,1-4H3. The van der Waals surface area contributed by atoms with Gasteiger partial charge in [-0.1, -0.05) is 464 Å². The van der Waals surface area contributed by atoms with Crippen molar-refractivity contribution in [1.29, 1.82) is 0 Å². The minimum absolute atomic E-state index is 0.323. The van der Waals surface area contributed by atoms with Crippen LogP contribution in [0.1, 0.15) is 261 Å². The molecule has 11 aromatic carbocycles. The number of benzene rings is 11. The molecular weight excluding hydrogens is 1430 g/mol. The van der Waals surface area contributed by atoms with Crippen molar-refractivity contribution >= 4 is 43.1 Å². The average molecular weight is 1600 g/mol. The molecule has 0 saturated heterocycles. The van der Waals surface area contributed by atoms with Gasteiger partial charge in [0, 0.05) is 0 Å². The second kappa shape index (κ2) is 48.8. The van der Waals surface area contributed by atoms with Gasteiger partial charge in [0.25, 0.3) is 0 Å². The van der Waals surface area contributed by atoms with Gasteiger partial charge in [0.05, 0.1) is 0 Å². The predicted octanol–water partition coefficient (Wildman–Crippen LogP) is 35.0. The van der Waals surface area contributed by atoms with Gasteiger partial charge < -0.3 is 5.11 Å². The van der Waals surface area contributed by atoms with Gasteiger partial charge >= 0.3 is 0 Å². The van der Waals surface area contributed by atoms with E-state index in [0.717, 1.165) is 96.2 Å². The lowest BCUT2D eigenvalue weighted by Gasteiger charge is -2.41. The summed E-state index contributed by atoms with van der Waals surface area (Å²) in [6, 6.07) is 91.1. The summed E-state index contributed by atoms with van der Waals surface area (Å²) in [6.45, 7) is 74.9. The summed E-state index contributed by atoms with van der Waals surface area (Å²) in [7, 11) is 0. The normalized spacial score (nSPS) is 12.2. The molecule has 1 N–H and O–H groups in total. The molecule has 648 valence electrons. The number of rotatable bonds is 24. The molecule has 0 bridgehead atoms. The molecule has 0 saturated carbocycles. The molecule has 11 rings (SSSR count). The molecule has 0 radical (unpaired) electrons. The molecule has 0 aliphatic rings. The molecule has 0 fully saturated rings. The molecule has 1 nitrogen and oxygen atoms in total. The second-order valence-electron chi connectivity index (χ2n) is 43.0. The van der Waals surface area contributed by atoms with Crippen LogP contribution in [0.15, 0.2) is 255 Å². The van der Waals surface area contributed by atoms with E-state index in [1.807, 2.05) is 12.1 Å². The summed E-state index contributed by atoms with van der Waals surface area (Å²) in [5.41, 5.74) is 11.5. The number of hydrogen-bond acceptors (Lipinski definition) is 1. The van der Waals surface area contributed by atoms with Crippen LogP contribution in [0.2, 0.25) is 0 Å². The molecule has 0 spiro atoms. The van der Waals surface area contributed by atoms with Crippen LogP contribution in [-0.4, -0.2) is 5.11 Å². The van der Waals surface area contributed by atoms with E-state index >= 15 is 0 Å². The summed E-state index contributed by atoms with van der Waals surface area (Å²) in [6.07, 6.45) is 8.23. The molecule has 11 aromatic rings. The highest BCUT2D eigenvalue weighted by atomic mass is 16.3. The molecule has 1 heteroatoms. The van der Waals surface area contributed by atoms with E-state index in [2.05, 4.69) is 452 Å². The van der Waals surface area contributed by atoms with E-state index in [0.29, 0.717) is 51.1 Å². The molecule has 0 aromatic heterocycles. The summed E-state index contributed by atoms with van der Waals surface area (Å²) >= 11 is 0. The topological polar surface area (TPSA) is 20.2 Å². The van der Waals surface area contributed by atoms with Crippen LogP contribution in [-0.2, 0) is 44.9 Å². The Balaban J connectivity index is 0.000000248. The van der Waals surface area contributed by atoms with Crippen molar-refractivity contribution in [2.24, 2.45) is 122 Å². The van der Waals surface area contributed by atoms with Gasteiger partial charge in [-0.3, -0.25) is 0 Å². The fourth-order valence-corrected chi connectivity index (χ4v) is 19.4. The van der Waals surface area contributed by atoms with E-state index in [1.165, 1.54) is 108 Å². The zero-order valence-corrected chi connectivity index (χ0v) is 81.5. The summed E-state index contributed by atoms with van der Waals surface area (Å²) in [5, 5.41) is 20.2. The van der Waals surface area contributed by atoms with E-state index in [1.54, 1.807) is 12.1 Å². The predicted molar refractivity (Wildman–Crippen MR) is 533 cm³/mol. The van der Waals surface area contributed by atoms with E-state index in [-0.39, 0.29) is 0 Å². The SMILES string of the molecule is CC(C)(C)C(Cc1ccc2ccccc2c1)C(C)(C)C.CC(C)(C)C(Cc1ccc2ccccc2c1)C(C)(C)C.CC(C)C(Cc1ccc(O)cc1)C(C)C.CC(C)C(Cc1cccc2ccccc12)C(C)C.CC(C)C(Cc1cccc2ccccc12)C(C)C.CC(C)C(Cc1ccccc1)C(C)C.CC(C)C(Cc1ccccc1)C(C)C. The Labute approximate surface area is 731 Å². The first kappa shape index (κ1) is 102. The number of phenolic OH excluding ortho intramolecular Hbond substituents is 1. The number of aromatic hydroxyl groups is 1. The highest BCUT2D eigenvalue weighted by Gasteiger charge is 2.36. The van der Waals surface area contributed by atoms with Gasteiger partial charge in [-0.25, -0.2) is 0 Å². The van der Waals surface area contributed by atoms with E-state index in [4.69, 9.17) is 0 Å². The molecule has 0 unspecified atom stereocenters. The Bertz CT molecular complexity index is 4240. The molecule has 0 amide bonds. The van der Waals surface area contributed by atoms with Gasteiger partial charge in [0.15, 0.2) is 0 Å². The zero-order chi connectivity index (χ0) is 88.7. The highest BCUT2D eigenvalue weighted by Crippen LogP contribution is 2.44. The lowest BCUT2D eigenvalue weighted by atomic mass is 9.64. The fourth-order valence-electron chi connectivity index (χ4n) is 19.4. The first-order valence-electron chi connectivity index (χ1n) is 46.5. The maximum atomic E-state index is 9.21. The van der Waals surface area contributed by atoms with Crippen LogP contribution in [0.25, 0.3) is 43.1 Å². The molecule has 0 atom stereocenters. The van der Waals surface area contributed by atoms with Crippen molar-refractivity contribution in [1.82, 2.24) is 0 Å². The Morgan fingerprint density at radius 3 is 0.681 bits per heavy atom. The maximum absolute atomic E-state index is 9.21. The van der Waals surface area contributed by atoms with Crippen molar-refractivity contribution in [2.75, 3.05) is 0 Å². The molecule has 0 aliphatic carbocycles. The van der Waals surface area contributed by atoms with Crippen molar-refractivity contribution in [3.05, 3.63) is 294 Å². The first-order valence-corrected chi connectivity index (χ1v) is 46.5. The Hall–Kier alpha value is -7.74. The van der Waals surface area contributed by atoms with Crippen molar-refractivity contribution in [2.45, 2.75) is 267 Å². The molecular formula is C118H170O. The second-order valence-corrected chi connectivity index (χ2v) is 43.0. The minimum Gasteiger partial charge on any atom is -0.508 e. The van der Waals surface area contributed by atoms with E-state index < -0.39 is 0 Å². The highest BCUT2D eigenvalue weighted by molar-refractivity contribution is 5.87. The minimum atomic E-state index is 0.323. The average Bonchev–Trinajstić information content (AvgIpc) is 0.854. The third kappa shape index (κ3) is 35.0. The van der Waals surface area contributed by atoms with Gasteiger partial charge in [-0.15, -0.1) is 0 Å². The third-order valence-corrected chi connectivity index (χ3v) is 26.0. The lowest BCUT2D eigenvalue weighted by molar-refractivity contribution is 0.102. The summed E-state index contributed by atoms with van der Waals surface area (Å²) in [5.74, 6) is 13.0.